The molecular weight excluding hydrogens is 305 g/mol. The van der Waals surface area contributed by atoms with E-state index in [-0.39, 0.29) is 5.82 Å². The van der Waals surface area contributed by atoms with Gasteiger partial charge in [-0.15, -0.1) is 0 Å². The molecule has 1 saturated heterocycles. The molecule has 1 aromatic carbocycles. The number of nitrogens with zero attached hydrogens (tertiary/aromatic N) is 2. The standard InChI is InChI=1S/C19H20FN3O/c20-16-4-1-3-15(11-16)18-12-21-22-19(18)14-6-8-23(9-7-14)13-17-5-2-10-24-17/h1-5,10-12,14H,6-9,13H2,(H,21,22). The number of nitrogens with one attached hydrogen (secondary N) is 1. The molecule has 3 heterocycles. The van der Waals surface area contributed by atoms with Gasteiger partial charge < -0.3 is 4.42 Å². The third-order valence-electron chi connectivity index (χ3n) is 4.76. The third-order valence-corrected chi connectivity index (χ3v) is 4.76. The Morgan fingerprint density at radius 3 is 2.83 bits per heavy atom. The van der Waals surface area contributed by atoms with Crippen LogP contribution < -0.4 is 0 Å². The van der Waals surface area contributed by atoms with Crippen molar-refractivity contribution in [3.63, 3.8) is 0 Å². The number of aromatic amines is 1. The quantitative estimate of drug-likeness (QED) is 0.782. The first-order chi connectivity index (χ1) is 11.8. The maximum absolute atomic E-state index is 13.5. The van der Waals surface area contributed by atoms with Crippen LogP contribution in [0.15, 0.2) is 53.3 Å². The molecule has 0 bridgehead atoms. The number of H-pyrrole nitrogens is 1. The molecule has 4 rings (SSSR count). The van der Waals surface area contributed by atoms with E-state index in [1.807, 2.05) is 18.2 Å². The van der Waals surface area contributed by atoms with Gasteiger partial charge in [-0.3, -0.25) is 10.00 Å². The van der Waals surface area contributed by atoms with Crippen LogP contribution in [0.4, 0.5) is 4.39 Å². The van der Waals surface area contributed by atoms with E-state index in [1.165, 1.54) is 6.07 Å². The van der Waals surface area contributed by atoms with Gasteiger partial charge >= 0.3 is 0 Å². The molecule has 3 aromatic rings. The van der Waals surface area contributed by atoms with E-state index in [2.05, 4.69) is 15.1 Å². The fourth-order valence-corrected chi connectivity index (χ4v) is 3.50. The summed E-state index contributed by atoms with van der Waals surface area (Å²) >= 11 is 0. The van der Waals surface area contributed by atoms with E-state index in [0.29, 0.717) is 5.92 Å². The number of piperidine rings is 1. The zero-order chi connectivity index (χ0) is 16.4. The highest BCUT2D eigenvalue weighted by molar-refractivity contribution is 5.65. The first-order valence-corrected chi connectivity index (χ1v) is 8.33. The maximum atomic E-state index is 13.5. The fourth-order valence-electron chi connectivity index (χ4n) is 3.50. The second kappa shape index (κ2) is 6.61. The van der Waals surface area contributed by atoms with Gasteiger partial charge in [-0.1, -0.05) is 12.1 Å². The van der Waals surface area contributed by atoms with Crippen molar-refractivity contribution in [1.82, 2.24) is 15.1 Å². The largest absolute Gasteiger partial charge is 0.468 e. The second-order valence-corrected chi connectivity index (χ2v) is 6.34. The molecule has 2 aromatic heterocycles. The molecule has 24 heavy (non-hydrogen) atoms. The molecule has 0 spiro atoms. The molecule has 4 nitrogen and oxygen atoms in total. The Balaban J connectivity index is 1.46. The van der Waals surface area contributed by atoms with Crippen molar-refractivity contribution in [1.29, 1.82) is 0 Å². The van der Waals surface area contributed by atoms with Gasteiger partial charge in [-0.05, 0) is 55.8 Å². The van der Waals surface area contributed by atoms with E-state index >= 15 is 0 Å². The van der Waals surface area contributed by atoms with Crippen LogP contribution in [0.25, 0.3) is 11.1 Å². The summed E-state index contributed by atoms with van der Waals surface area (Å²) in [5.41, 5.74) is 3.02. The Labute approximate surface area is 140 Å². The molecule has 0 radical (unpaired) electrons. The summed E-state index contributed by atoms with van der Waals surface area (Å²) in [5.74, 6) is 1.22. The van der Waals surface area contributed by atoms with Crippen LogP contribution in [0.1, 0.15) is 30.2 Å². The number of hydrogen-bond donors (Lipinski definition) is 1. The van der Waals surface area contributed by atoms with Gasteiger partial charge in [0.15, 0.2) is 0 Å². The normalized spacial score (nSPS) is 16.5. The Hall–Kier alpha value is -2.40. The van der Waals surface area contributed by atoms with Crippen molar-refractivity contribution in [2.75, 3.05) is 13.1 Å². The number of halogens is 1. The number of rotatable bonds is 4. The number of hydrogen-bond acceptors (Lipinski definition) is 3. The van der Waals surface area contributed by atoms with E-state index in [0.717, 1.165) is 55.1 Å². The van der Waals surface area contributed by atoms with Crippen molar-refractivity contribution < 1.29 is 8.81 Å². The van der Waals surface area contributed by atoms with E-state index in [4.69, 9.17) is 4.42 Å². The lowest BCUT2D eigenvalue weighted by Crippen LogP contribution is -2.32. The zero-order valence-electron chi connectivity index (χ0n) is 13.4. The van der Waals surface area contributed by atoms with E-state index in [9.17, 15) is 4.39 Å². The van der Waals surface area contributed by atoms with Crippen molar-refractivity contribution in [2.45, 2.75) is 25.3 Å². The third kappa shape index (κ3) is 3.12. The number of likely N-dealkylation sites (tertiary alicyclic amines) is 1. The summed E-state index contributed by atoms with van der Waals surface area (Å²) in [4.78, 5) is 2.41. The second-order valence-electron chi connectivity index (χ2n) is 6.34. The summed E-state index contributed by atoms with van der Waals surface area (Å²) < 4.78 is 18.9. The molecule has 0 aliphatic carbocycles. The Bertz CT molecular complexity index is 789. The molecule has 1 aliphatic rings. The smallest absolute Gasteiger partial charge is 0.123 e. The van der Waals surface area contributed by atoms with E-state index in [1.54, 1.807) is 24.6 Å². The van der Waals surface area contributed by atoms with Gasteiger partial charge in [0.1, 0.15) is 11.6 Å². The lowest BCUT2D eigenvalue weighted by molar-refractivity contribution is 0.190. The monoisotopic (exact) mass is 325 g/mol. The minimum atomic E-state index is -0.215. The van der Waals surface area contributed by atoms with Gasteiger partial charge in [-0.2, -0.15) is 5.10 Å². The minimum Gasteiger partial charge on any atom is -0.468 e. The lowest BCUT2D eigenvalue weighted by Gasteiger charge is -2.31. The number of aromatic nitrogens is 2. The van der Waals surface area contributed by atoms with Crippen LogP contribution in [0.2, 0.25) is 0 Å². The highest BCUT2D eigenvalue weighted by Crippen LogP contribution is 2.34. The van der Waals surface area contributed by atoms with Gasteiger partial charge in [0, 0.05) is 17.2 Å². The molecule has 5 heteroatoms. The topological polar surface area (TPSA) is 45.1 Å². The van der Waals surface area contributed by atoms with Crippen LogP contribution >= 0.6 is 0 Å². The van der Waals surface area contributed by atoms with Crippen LogP contribution in [-0.4, -0.2) is 28.2 Å². The molecule has 0 atom stereocenters. The van der Waals surface area contributed by atoms with E-state index < -0.39 is 0 Å². The number of furan rings is 1. The summed E-state index contributed by atoms with van der Waals surface area (Å²) in [6, 6.07) is 10.7. The Morgan fingerprint density at radius 2 is 2.08 bits per heavy atom. The van der Waals surface area contributed by atoms with Crippen molar-refractivity contribution in [3.05, 3.63) is 66.1 Å². The molecule has 0 unspecified atom stereocenters. The average Bonchev–Trinajstić information content (AvgIpc) is 3.27. The fraction of sp³-hybridized carbons (Fsp3) is 0.316. The van der Waals surface area contributed by atoms with Gasteiger partial charge in [0.25, 0.3) is 0 Å². The predicted octanol–water partition coefficient (Wildman–Crippen LogP) is 4.19. The molecule has 0 amide bonds. The van der Waals surface area contributed by atoms with Gasteiger partial charge in [0.2, 0.25) is 0 Å². The molecule has 1 aliphatic heterocycles. The van der Waals surface area contributed by atoms with Crippen molar-refractivity contribution in [3.8, 4) is 11.1 Å². The highest BCUT2D eigenvalue weighted by Gasteiger charge is 2.24. The Morgan fingerprint density at radius 1 is 1.21 bits per heavy atom. The van der Waals surface area contributed by atoms with Crippen molar-refractivity contribution in [2.24, 2.45) is 0 Å². The highest BCUT2D eigenvalue weighted by atomic mass is 19.1. The minimum absolute atomic E-state index is 0.215. The van der Waals surface area contributed by atoms with Crippen LogP contribution in [0.5, 0.6) is 0 Å². The van der Waals surface area contributed by atoms with Crippen LogP contribution in [-0.2, 0) is 6.54 Å². The molecule has 124 valence electrons. The first-order valence-electron chi connectivity index (χ1n) is 8.33. The van der Waals surface area contributed by atoms with Crippen molar-refractivity contribution >= 4 is 0 Å². The first kappa shape index (κ1) is 15.1. The maximum Gasteiger partial charge on any atom is 0.123 e. The summed E-state index contributed by atoms with van der Waals surface area (Å²) in [6.07, 6.45) is 5.65. The summed E-state index contributed by atoms with van der Waals surface area (Å²) in [6.45, 7) is 2.90. The molecule has 0 saturated carbocycles. The SMILES string of the molecule is Fc1cccc(-c2cn[nH]c2C2CCN(Cc3ccco3)CC2)c1. The lowest BCUT2D eigenvalue weighted by atomic mass is 9.89. The molecule has 1 fully saturated rings. The van der Waals surface area contributed by atoms with Gasteiger partial charge in [0.05, 0.1) is 19.0 Å². The zero-order valence-corrected chi connectivity index (χ0v) is 13.4. The summed E-state index contributed by atoms with van der Waals surface area (Å²) in [7, 11) is 0. The number of benzene rings is 1. The van der Waals surface area contributed by atoms with Gasteiger partial charge in [-0.25, -0.2) is 4.39 Å². The molecule has 1 N–H and O–H groups in total. The average molecular weight is 325 g/mol. The predicted molar refractivity (Wildman–Crippen MR) is 89.9 cm³/mol. The van der Waals surface area contributed by atoms with Crippen LogP contribution in [0, 0.1) is 5.82 Å². The summed E-state index contributed by atoms with van der Waals surface area (Å²) in [5, 5.41) is 7.35. The van der Waals surface area contributed by atoms with Crippen LogP contribution in [0.3, 0.4) is 0 Å². The Kier molecular flexibility index (Phi) is 4.17. The molecular formula is C19H20FN3O.